The van der Waals surface area contributed by atoms with Crippen LogP contribution in [0.1, 0.15) is 51.0 Å². The van der Waals surface area contributed by atoms with E-state index in [-0.39, 0.29) is 22.2 Å². The molecular weight excluding hydrogens is 412 g/mol. The van der Waals surface area contributed by atoms with Gasteiger partial charge >= 0.3 is 0 Å². The summed E-state index contributed by atoms with van der Waals surface area (Å²) in [6.07, 6.45) is 13.8. The van der Waals surface area contributed by atoms with Crippen molar-refractivity contribution in [3.05, 3.63) is 53.8 Å². The lowest BCUT2D eigenvalue weighted by Crippen LogP contribution is -2.60. The van der Waals surface area contributed by atoms with Crippen LogP contribution in [0, 0.1) is 45.8 Å². The van der Waals surface area contributed by atoms with Crippen LogP contribution >= 0.6 is 0 Å². The van der Waals surface area contributed by atoms with Crippen molar-refractivity contribution >= 4 is 0 Å². The zero-order valence-electron chi connectivity index (χ0n) is 19.7. The van der Waals surface area contributed by atoms with Gasteiger partial charge in [0.05, 0.1) is 11.7 Å². The number of hydrogen-bond donors (Lipinski definition) is 3. The first-order valence-corrected chi connectivity index (χ1v) is 12.9. The Bertz CT molecular complexity index is 1080. The molecule has 176 valence electrons. The Hall–Kier alpha value is -1.78. The number of ether oxygens (including phenoxy) is 1. The maximum Gasteiger partial charge on any atom is 0.118 e. The van der Waals surface area contributed by atoms with E-state index in [1.54, 1.807) is 19.3 Å². The SMILES string of the molecule is COC1C=C(O)C2C3C4CCC56CCC(Cc7ccccc7O)C5C=CCC(C4)(C12O)C36C. The quantitative estimate of drug-likeness (QED) is 0.559. The molecule has 1 spiro atoms. The molecule has 0 heterocycles. The lowest BCUT2D eigenvalue weighted by Gasteiger charge is -2.58. The second kappa shape index (κ2) is 6.26. The summed E-state index contributed by atoms with van der Waals surface area (Å²) in [5, 5.41) is 34.2. The largest absolute Gasteiger partial charge is 0.512 e. The number of aromatic hydroxyl groups is 1. The molecule has 6 aliphatic rings. The standard InChI is InChI=1S/C29H36O4/c1-26-24-19-10-13-27(26)12-9-17(14-18-6-3-4-8-21(18)30)20(27)7-5-11-28(26,16-19)29(32)23(33-2)15-22(31)25(24)29/h3-8,15,17,19-20,23-25,30-32H,9-14,16H2,1-2H3. The van der Waals surface area contributed by atoms with Gasteiger partial charge in [-0.05, 0) is 97.2 Å². The third kappa shape index (κ3) is 1.98. The van der Waals surface area contributed by atoms with Crippen LogP contribution in [0.15, 0.2) is 48.3 Å². The van der Waals surface area contributed by atoms with Gasteiger partial charge in [0.15, 0.2) is 0 Å². The predicted molar refractivity (Wildman–Crippen MR) is 126 cm³/mol. The van der Waals surface area contributed by atoms with Gasteiger partial charge in [-0.3, -0.25) is 0 Å². The molecule has 10 atom stereocenters. The predicted octanol–water partition coefficient (Wildman–Crippen LogP) is 5.16. The lowest BCUT2D eigenvalue weighted by atomic mass is 9.45. The third-order valence-electron chi connectivity index (χ3n) is 12.1. The summed E-state index contributed by atoms with van der Waals surface area (Å²) in [4.78, 5) is 0. The number of allylic oxidation sites excluding steroid dienone is 2. The molecule has 7 rings (SSSR count). The highest BCUT2D eigenvalue weighted by atomic mass is 16.5. The summed E-state index contributed by atoms with van der Waals surface area (Å²) in [6.45, 7) is 2.50. The van der Waals surface area contributed by atoms with E-state index in [1.807, 2.05) is 12.1 Å². The summed E-state index contributed by atoms with van der Waals surface area (Å²) >= 11 is 0. The third-order valence-corrected chi connectivity index (χ3v) is 12.1. The van der Waals surface area contributed by atoms with Gasteiger partial charge in [-0.15, -0.1) is 0 Å². The summed E-state index contributed by atoms with van der Waals surface area (Å²) in [7, 11) is 1.68. The fourth-order valence-electron chi connectivity index (χ4n) is 11.2. The van der Waals surface area contributed by atoms with Gasteiger partial charge in [0.1, 0.15) is 17.5 Å². The van der Waals surface area contributed by atoms with Crippen LogP contribution in [0.25, 0.3) is 0 Å². The molecule has 4 fully saturated rings. The van der Waals surface area contributed by atoms with Crippen LogP contribution in [0.4, 0.5) is 0 Å². The first-order chi connectivity index (χ1) is 15.8. The molecule has 4 nitrogen and oxygen atoms in total. The van der Waals surface area contributed by atoms with E-state index >= 15 is 0 Å². The molecule has 4 heteroatoms. The van der Waals surface area contributed by atoms with Crippen molar-refractivity contribution in [3.8, 4) is 5.75 Å². The maximum absolute atomic E-state index is 12.5. The Morgan fingerprint density at radius 1 is 1.12 bits per heavy atom. The summed E-state index contributed by atoms with van der Waals surface area (Å²) in [5.74, 6) is 2.39. The minimum absolute atomic E-state index is 0.0387. The molecule has 33 heavy (non-hydrogen) atoms. The average molecular weight is 449 g/mol. The van der Waals surface area contributed by atoms with Gasteiger partial charge in [0, 0.05) is 12.5 Å². The van der Waals surface area contributed by atoms with Crippen molar-refractivity contribution < 1.29 is 20.1 Å². The number of benzene rings is 1. The van der Waals surface area contributed by atoms with Gasteiger partial charge in [-0.25, -0.2) is 0 Å². The van der Waals surface area contributed by atoms with Gasteiger partial charge < -0.3 is 20.1 Å². The summed E-state index contributed by atoms with van der Waals surface area (Å²) in [5.41, 5.74) is -0.161. The zero-order chi connectivity index (χ0) is 22.8. The van der Waals surface area contributed by atoms with Crippen LogP contribution in [0.2, 0.25) is 0 Å². The first-order valence-electron chi connectivity index (χ1n) is 12.9. The molecule has 0 aliphatic heterocycles. The number of aliphatic hydroxyl groups is 2. The normalized spacial score (nSPS) is 53.0. The van der Waals surface area contributed by atoms with Crippen LogP contribution in [0.5, 0.6) is 5.75 Å². The number of fused-ring (bicyclic) bond motifs is 1. The molecule has 4 saturated carbocycles. The molecule has 0 saturated heterocycles. The van der Waals surface area contributed by atoms with Crippen molar-refractivity contribution in [2.24, 2.45) is 45.8 Å². The van der Waals surface area contributed by atoms with E-state index in [0.29, 0.717) is 35.2 Å². The Kier molecular flexibility index (Phi) is 3.90. The van der Waals surface area contributed by atoms with E-state index in [9.17, 15) is 15.3 Å². The number of para-hydroxylation sites is 1. The fourth-order valence-corrected chi connectivity index (χ4v) is 11.2. The van der Waals surface area contributed by atoms with Crippen LogP contribution in [0.3, 0.4) is 0 Å². The minimum atomic E-state index is -1.03. The molecule has 0 amide bonds. The maximum atomic E-state index is 12.5. The number of methoxy groups -OCH3 is 1. The molecule has 4 bridgehead atoms. The Balaban J connectivity index is 1.37. The molecule has 10 unspecified atom stereocenters. The van der Waals surface area contributed by atoms with Crippen molar-refractivity contribution in [1.29, 1.82) is 0 Å². The van der Waals surface area contributed by atoms with Crippen molar-refractivity contribution in [2.45, 2.75) is 63.6 Å². The second-order valence-corrected chi connectivity index (χ2v) is 12.3. The molecule has 0 aromatic heterocycles. The lowest BCUT2D eigenvalue weighted by molar-refractivity contribution is -0.189. The highest BCUT2D eigenvalue weighted by Gasteiger charge is 2.88. The number of aliphatic hydroxyl groups excluding tert-OH is 1. The minimum Gasteiger partial charge on any atom is -0.512 e. The van der Waals surface area contributed by atoms with Gasteiger partial charge in [0.25, 0.3) is 0 Å². The fraction of sp³-hybridized carbons (Fsp3) is 0.655. The average Bonchev–Trinajstić information content (AvgIpc) is 3.37. The first kappa shape index (κ1) is 20.6. The van der Waals surface area contributed by atoms with E-state index < -0.39 is 11.7 Å². The van der Waals surface area contributed by atoms with Gasteiger partial charge in [-0.2, -0.15) is 0 Å². The van der Waals surface area contributed by atoms with Gasteiger partial charge in [-0.1, -0.05) is 37.3 Å². The molecule has 1 aromatic carbocycles. The smallest absolute Gasteiger partial charge is 0.118 e. The monoisotopic (exact) mass is 448 g/mol. The van der Waals surface area contributed by atoms with Crippen LogP contribution in [-0.4, -0.2) is 34.1 Å². The molecule has 3 N–H and O–H groups in total. The summed E-state index contributed by atoms with van der Waals surface area (Å²) < 4.78 is 5.86. The van der Waals surface area contributed by atoms with Crippen molar-refractivity contribution in [1.82, 2.24) is 0 Å². The van der Waals surface area contributed by atoms with Crippen LogP contribution in [-0.2, 0) is 11.2 Å². The number of hydrogen-bond acceptors (Lipinski definition) is 4. The zero-order valence-corrected chi connectivity index (χ0v) is 19.7. The van der Waals surface area contributed by atoms with E-state index in [0.717, 1.165) is 31.2 Å². The molecule has 6 aliphatic carbocycles. The van der Waals surface area contributed by atoms with Gasteiger partial charge in [0.2, 0.25) is 0 Å². The number of phenolic OH excluding ortho intramolecular Hbond substituents is 1. The van der Waals surface area contributed by atoms with Crippen LogP contribution < -0.4 is 0 Å². The molecular formula is C29H36O4. The highest BCUT2D eigenvalue weighted by Crippen LogP contribution is 2.88. The second-order valence-electron chi connectivity index (χ2n) is 12.3. The topological polar surface area (TPSA) is 69.9 Å². The highest BCUT2D eigenvalue weighted by molar-refractivity contribution is 5.44. The number of rotatable bonds is 3. The van der Waals surface area contributed by atoms with Crippen molar-refractivity contribution in [2.75, 3.05) is 7.11 Å². The van der Waals surface area contributed by atoms with E-state index in [4.69, 9.17) is 4.74 Å². The molecule has 0 radical (unpaired) electrons. The van der Waals surface area contributed by atoms with E-state index in [1.165, 1.54) is 19.3 Å². The molecule has 1 aromatic rings. The van der Waals surface area contributed by atoms with E-state index in [2.05, 4.69) is 25.1 Å². The number of phenols is 1. The van der Waals surface area contributed by atoms with Crippen molar-refractivity contribution in [3.63, 3.8) is 0 Å². The Morgan fingerprint density at radius 3 is 2.70 bits per heavy atom. The Morgan fingerprint density at radius 2 is 1.91 bits per heavy atom. The summed E-state index contributed by atoms with van der Waals surface area (Å²) in [6, 6.07) is 7.80. The Labute approximate surface area is 196 Å².